The van der Waals surface area contributed by atoms with Crippen LogP contribution >= 0.6 is 0 Å². The van der Waals surface area contributed by atoms with Gasteiger partial charge in [0.1, 0.15) is 6.04 Å². The van der Waals surface area contributed by atoms with Crippen LogP contribution in [0.1, 0.15) is 24.9 Å². The maximum atomic E-state index is 13.1. The minimum Gasteiger partial charge on any atom is -0.453 e. The third-order valence-corrected chi connectivity index (χ3v) is 4.53. The highest BCUT2D eigenvalue weighted by Gasteiger charge is 2.30. The number of carbonyl (C=O) groups excluding carboxylic acids is 2. The van der Waals surface area contributed by atoms with Crippen molar-refractivity contribution in [2.24, 2.45) is 0 Å². The topological polar surface area (TPSA) is 53.1 Å². The molecule has 6 heteroatoms. The van der Waals surface area contributed by atoms with Crippen LogP contribution in [-0.2, 0) is 9.53 Å². The first-order valence-electron chi connectivity index (χ1n) is 8.45. The van der Waals surface area contributed by atoms with Gasteiger partial charge in [-0.15, -0.1) is 0 Å². The van der Waals surface area contributed by atoms with Crippen LogP contribution in [0.15, 0.2) is 30.3 Å². The van der Waals surface area contributed by atoms with E-state index >= 15 is 0 Å². The Morgan fingerprint density at radius 1 is 1.12 bits per heavy atom. The molecule has 6 nitrogen and oxygen atoms in total. The Balaban J connectivity index is 2.13. The quantitative estimate of drug-likeness (QED) is 0.845. The zero-order valence-electron chi connectivity index (χ0n) is 14.8. The number of ether oxygens (including phenoxy) is 1. The largest absolute Gasteiger partial charge is 0.453 e. The van der Waals surface area contributed by atoms with E-state index in [1.54, 1.807) is 4.90 Å². The predicted molar refractivity (Wildman–Crippen MR) is 92.7 cm³/mol. The van der Waals surface area contributed by atoms with Gasteiger partial charge in [0.15, 0.2) is 0 Å². The second-order valence-electron chi connectivity index (χ2n) is 6.02. The Morgan fingerprint density at radius 3 is 2.38 bits per heavy atom. The lowest BCUT2D eigenvalue weighted by Crippen LogP contribution is -2.43. The van der Waals surface area contributed by atoms with Gasteiger partial charge in [0, 0.05) is 26.2 Å². The summed E-state index contributed by atoms with van der Waals surface area (Å²) >= 11 is 0. The van der Waals surface area contributed by atoms with Crippen LogP contribution in [-0.4, -0.2) is 73.6 Å². The van der Waals surface area contributed by atoms with Gasteiger partial charge >= 0.3 is 6.09 Å². The average molecular weight is 333 g/mol. The summed E-state index contributed by atoms with van der Waals surface area (Å²) in [5.41, 5.74) is 1.00. The van der Waals surface area contributed by atoms with Gasteiger partial charge in [-0.2, -0.15) is 0 Å². The van der Waals surface area contributed by atoms with E-state index in [1.165, 1.54) is 7.11 Å². The van der Waals surface area contributed by atoms with E-state index in [2.05, 4.69) is 4.90 Å². The number of benzene rings is 1. The first-order valence-corrected chi connectivity index (χ1v) is 8.45. The molecule has 1 atom stereocenters. The Morgan fingerprint density at radius 2 is 1.75 bits per heavy atom. The molecule has 0 N–H and O–H groups in total. The van der Waals surface area contributed by atoms with Gasteiger partial charge in [-0.3, -0.25) is 9.69 Å². The number of carbonyl (C=O) groups is 2. The molecule has 24 heavy (non-hydrogen) atoms. The van der Waals surface area contributed by atoms with Crippen molar-refractivity contribution in [1.82, 2.24) is 14.7 Å². The third-order valence-electron chi connectivity index (χ3n) is 4.53. The van der Waals surface area contributed by atoms with Crippen molar-refractivity contribution < 1.29 is 14.3 Å². The molecular weight excluding hydrogens is 306 g/mol. The maximum absolute atomic E-state index is 13.1. The van der Waals surface area contributed by atoms with Crippen molar-refractivity contribution in [3.8, 4) is 0 Å². The van der Waals surface area contributed by atoms with Crippen molar-refractivity contribution >= 4 is 12.0 Å². The van der Waals surface area contributed by atoms with E-state index in [-0.39, 0.29) is 18.0 Å². The second kappa shape index (κ2) is 8.68. The molecule has 0 aliphatic carbocycles. The summed E-state index contributed by atoms with van der Waals surface area (Å²) in [6.45, 7) is 5.16. The molecule has 1 aromatic rings. The molecule has 1 aliphatic heterocycles. The fourth-order valence-corrected chi connectivity index (χ4v) is 3.03. The van der Waals surface area contributed by atoms with Crippen LogP contribution < -0.4 is 0 Å². The minimum atomic E-state index is -0.324. The molecule has 0 unspecified atom stereocenters. The monoisotopic (exact) mass is 333 g/mol. The Labute approximate surface area is 144 Å². The molecule has 0 radical (unpaired) electrons. The summed E-state index contributed by atoms with van der Waals surface area (Å²) in [7, 11) is 3.35. The van der Waals surface area contributed by atoms with Crippen molar-refractivity contribution in [3.05, 3.63) is 35.9 Å². The van der Waals surface area contributed by atoms with Crippen molar-refractivity contribution in [2.45, 2.75) is 19.4 Å². The standard InChI is InChI=1S/C18H27N3O3/c1-4-19(2)16(15-9-6-5-7-10-15)17(22)20-11-8-12-21(14-13-20)18(23)24-3/h5-7,9-10,16H,4,8,11-14H2,1-3H3/t16-/m1/s1. The zero-order chi connectivity index (χ0) is 17.5. The molecule has 0 saturated carbocycles. The smallest absolute Gasteiger partial charge is 0.409 e. The molecule has 1 aliphatic rings. The lowest BCUT2D eigenvalue weighted by atomic mass is 10.0. The molecule has 0 bridgehead atoms. The molecular formula is C18H27N3O3. The van der Waals surface area contributed by atoms with E-state index < -0.39 is 0 Å². The van der Waals surface area contributed by atoms with Crippen LogP contribution in [0.3, 0.4) is 0 Å². The average Bonchev–Trinajstić information content (AvgIpc) is 2.88. The zero-order valence-corrected chi connectivity index (χ0v) is 14.8. The fourth-order valence-electron chi connectivity index (χ4n) is 3.03. The summed E-state index contributed by atoms with van der Waals surface area (Å²) in [6.07, 6.45) is 0.438. The summed E-state index contributed by atoms with van der Waals surface area (Å²) in [4.78, 5) is 30.4. The van der Waals surface area contributed by atoms with E-state index in [0.29, 0.717) is 26.2 Å². The van der Waals surface area contributed by atoms with E-state index in [9.17, 15) is 9.59 Å². The normalized spacial score (nSPS) is 16.7. The van der Waals surface area contributed by atoms with Gasteiger partial charge in [0.2, 0.25) is 5.91 Å². The van der Waals surface area contributed by atoms with Crippen LogP contribution in [0.5, 0.6) is 0 Å². The number of methoxy groups -OCH3 is 1. The maximum Gasteiger partial charge on any atom is 0.409 e. The Kier molecular flexibility index (Phi) is 6.61. The van der Waals surface area contributed by atoms with E-state index in [0.717, 1.165) is 18.5 Å². The summed E-state index contributed by atoms with van der Waals surface area (Å²) in [5.74, 6) is 0.0947. The van der Waals surface area contributed by atoms with Crippen molar-refractivity contribution in [1.29, 1.82) is 0 Å². The van der Waals surface area contributed by atoms with Crippen LogP contribution in [0.25, 0.3) is 0 Å². The molecule has 0 aromatic heterocycles. The second-order valence-corrected chi connectivity index (χ2v) is 6.02. The number of likely N-dealkylation sites (N-methyl/N-ethyl adjacent to an activating group) is 1. The van der Waals surface area contributed by atoms with Gasteiger partial charge in [0.05, 0.1) is 7.11 Å². The van der Waals surface area contributed by atoms with Gasteiger partial charge in [0.25, 0.3) is 0 Å². The van der Waals surface area contributed by atoms with Crippen LogP contribution in [0.4, 0.5) is 4.79 Å². The third kappa shape index (κ3) is 4.26. The number of hydrogen-bond acceptors (Lipinski definition) is 4. The van der Waals surface area contributed by atoms with Crippen molar-refractivity contribution in [3.63, 3.8) is 0 Å². The van der Waals surface area contributed by atoms with Crippen LogP contribution in [0.2, 0.25) is 0 Å². The van der Waals surface area contributed by atoms with Gasteiger partial charge in [-0.05, 0) is 25.6 Å². The highest BCUT2D eigenvalue weighted by atomic mass is 16.5. The molecule has 0 spiro atoms. The Bertz CT molecular complexity index is 550. The molecule has 1 saturated heterocycles. The number of amides is 2. The molecule has 1 fully saturated rings. The first-order chi connectivity index (χ1) is 11.6. The first kappa shape index (κ1) is 18.3. The number of nitrogens with zero attached hydrogens (tertiary/aromatic N) is 3. The lowest BCUT2D eigenvalue weighted by Gasteiger charge is -2.31. The summed E-state index contributed by atoms with van der Waals surface area (Å²) in [5, 5.41) is 0. The van der Waals surface area contributed by atoms with E-state index in [4.69, 9.17) is 4.74 Å². The van der Waals surface area contributed by atoms with Gasteiger partial charge in [-0.25, -0.2) is 4.79 Å². The lowest BCUT2D eigenvalue weighted by molar-refractivity contribution is -0.136. The highest BCUT2D eigenvalue weighted by molar-refractivity contribution is 5.83. The predicted octanol–water partition coefficient (Wildman–Crippen LogP) is 1.98. The molecule has 2 rings (SSSR count). The molecule has 1 aromatic carbocycles. The van der Waals surface area contributed by atoms with E-state index in [1.807, 2.05) is 49.2 Å². The number of hydrogen-bond donors (Lipinski definition) is 0. The Hall–Kier alpha value is -2.08. The van der Waals surface area contributed by atoms with Crippen molar-refractivity contribution in [2.75, 3.05) is 46.9 Å². The highest BCUT2D eigenvalue weighted by Crippen LogP contribution is 2.22. The van der Waals surface area contributed by atoms with Crippen LogP contribution in [0, 0.1) is 0 Å². The number of rotatable bonds is 4. The SMILES string of the molecule is CCN(C)[C@@H](C(=O)N1CCCN(C(=O)OC)CC1)c1ccccc1. The van der Waals surface area contributed by atoms with Gasteiger partial charge < -0.3 is 14.5 Å². The molecule has 132 valence electrons. The summed E-state index contributed by atoms with van der Waals surface area (Å²) in [6, 6.07) is 9.57. The fraction of sp³-hybridized carbons (Fsp3) is 0.556. The molecule has 1 heterocycles. The minimum absolute atomic E-state index is 0.0947. The van der Waals surface area contributed by atoms with Gasteiger partial charge in [-0.1, -0.05) is 37.3 Å². The summed E-state index contributed by atoms with van der Waals surface area (Å²) < 4.78 is 4.79. The molecule has 2 amide bonds.